The van der Waals surface area contributed by atoms with Crippen molar-refractivity contribution in [2.24, 2.45) is 5.73 Å². The van der Waals surface area contributed by atoms with Crippen molar-refractivity contribution < 1.29 is 13.5 Å². The monoisotopic (exact) mass is 241 g/mol. The van der Waals surface area contributed by atoms with Crippen LogP contribution in [-0.2, 0) is 11.2 Å². The summed E-state index contributed by atoms with van der Waals surface area (Å²) in [6.07, 6.45) is 3.16. The summed E-state index contributed by atoms with van der Waals surface area (Å²) in [6.45, 7) is 0. The molecule has 17 heavy (non-hydrogen) atoms. The van der Waals surface area contributed by atoms with Crippen molar-refractivity contribution in [3.05, 3.63) is 35.4 Å². The number of hydrogen-bond donors (Lipinski definition) is 1. The summed E-state index contributed by atoms with van der Waals surface area (Å²) in [7, 11) is 1.63. The van der Waals surface area contributed by atoms with Gasteiger partial charge in [-0.3, -0.25) is 0 Å². The SMILES string of the molecule is COC1(C(N)Cc2cc(F)ccc2F)CCC1. The van der Waals surface area contributed by atoms with E-state index < -0.39 is 11.6 Å². The molecule has 1 saturated carbocycles. The fraction of sp³-hybridized carbons (Fsp3) is 0.538. The minimum Gasteiger partial charge on any atom is -0.377 e. The van der Waals surface area contributed by atoms with E-state index in [1.807, 2.05) is 0 Å². The molecule has 1 aliphatic carbocycles. The predicted octanol–water partition coefficient (Wildman–Crippen LogP) is 2.40. The van der Waals surface area contributed by atoms with Crippen molar-refractivity contribution >= 4 is 0 Å². The highest BCUT2D eigenvalue weighted by atomic mass is 19.1. The second kappa shape index (κ2) is 4.70. The van der Waals surface area contributed by atoms with E-state index in [4.69, 9.17) is 10.5 Å². The molecule has 4 heteroatoms. The fourth-order valence-corrected chi connectivity index (χ4v) is 2.37. The highest BCUT2D eigenvalue weighted by molar-refractivity contribution is 5.21. The van der Waals surface area contributed by atoms with Crippen molar-refractivity contribution in [1.29, 1.82) is 0 Å². The maximum atomic E-state index is 13.5. The van der Waals surface area contributed by atoms with Gasteiger partial charge in [-0.05, 0) is 49.4 Å². The smallest absolute Gasteiger partial charge is 0.126 e. The quantitative estimate of drug-likeness (QED) is 0.878. The summed E-state index contributed by atoms with van der Waals surface area (Å²) in [5, 5.41) is 0. The second-order valence-corrected chi connectivity index (χ2v) is 4.67. The summed E-state index contributed by atoms with van der Waals surface area (Å²) < 4.78 is 32.0. The molecule has 0 aliphatic heterocycles. The van der Waals surface area contributed by atoms with Crippen LogP contribution in [0.15, 0.2) is 18.2 Å². The van der Waals surface area contributed by atoms with E-state index in [2.05, 4.69) is 0 Å². The van der Waals surface area contributed by atoms with Gasteiger partial charge in [0.15, 0.2) is 0 Å². The first kappa shape index (κ1) is 12.5. The Hall–Kier alpha value is -1.00. The van der Waals surface area contributed by atoms with Crippen LogP contribution in [0, 0.1) is 11.6 Å². The van der Waals surface area contributed by atoms with E-state index in [0.29, 0.717) is 12.0 Å². The van der Waals surface area contributed by atoms with Crippen LogP contribution in [0.25, 0.3) is 0 Å². The third kappa shape index (κ3) is 2.33. The zero-order valence-corrected chi connectivity index (χ0v) is 9.88. The zero-order chi connectivity index (χ0) is 12.5. The van der Waals surface area contributed by atoms with Gasteiger partial charge in [0.25, 0.3) is 0 Å². The number of ether oxygens (including phenoxy) is 1. The third-order valence-electron chi connectivity index (χ3n) is 3.73. The average Bonchev–Trinajstić information content (AvgIpc) is 2.23. The lowest BCUT2D eigenvalue weighted by Crippen LogP contribution is -2.55. The van der Waals surface area contributed by atoms with E-state index in [9.17, 15) is 8.78 Å². The number of nitrogens with two attached hydrogens (primary N) is 1. The van der Waals surface area contributed by atoms with Gasteiger partial charge < -0.3 is 10.5 Å². The van der Waals surface area contributed by atoms with E-state index >= 15 is 0 Å². The molecule has 0 aromatic heterocycles. The van der Waals surface area contributed by atoms with E-state index in [1.54, 1.807) is 7.11 Å². The maximum absolute atomic E-state index is 13.5. The molecule has 1 aromatic carbocycles. The first-order chi connectivity index (χ1) is 8.07. The van der Waals surface area contributed by atoms with Crippen molar-refractivity contribution in [2.45, 2.75) is 37.3 Å². The van der Waals surface area contributed by atoms with Gasteiger partial charge in [-0.25, -0.2) is 8.78 Å². The van der Waals surface area contributed by atoms with Crippen LogP contribution in [0.1, 0.15) is 24.8 Å². The molecule has 0 amide bonds. The van der Waals surface area contributed by atoms with Gasteiger partial charge in [-0.2, -0.15) is 0 Å². The standard InChI is InChI=1S/C13H17F2NO/c1-17-13(5-2-6-13)12(16)8-9-7-10(14)3-4-11(9)15/h3-4,7,12H,2,5-6,8,16H2,1H3. The third-order valence-corrected chi connectivity index (χ3v) is 3.73. The molecule has 1 aromatic rings. The Bertz CT molecular complexity index is 399. The van der Waals surface area contributed by atoms with Crippen LogP contribution < -0.4 is 5.73 Å². The molecule has 94 valence electrons. The summed E-state index contributed by atoms with van der Waals surface area (Å²) in [4.78, 5) is 0. The fourth-order valence-electron chi connectivity index (χ4n) is 2.37. The van der Waals surface area contributed by atoms with Gasteiger partial charge in [-0.1, -0.05) is 0 Å². The van der Waals surface area contributed by atoms with E-state index in [1.165, 1.54) is 6.07 Å². The lowest BCUT2D eigenvalue weighted by molar-refractivity contribution is -0.0898. The molecule has 2 rings (SSSR count). The van der Waals surface area contributed by atoms with Gasteiger partial charge in [0.05, 0.1) is 5.60 Å². The molecule has 2 nitrogen and oxygen atoms in total. The number of rotatable bonds is 4. The van der Waals surface area contributed by atoms with Gasteiger partial charge >= 0.3 is 0 Å². The van der Waals surface area contributed by atoms with Crippen LogP contribution >= 0.6 is 0 Å². The van der Waals surface area contributed by atoms with Crippen LogP contribution in [0.5, 0.6) is 0 Å². The molecule has 1 atom stereocenters. The highest BCUT2D eigenvalue weighted by Crippen LogP contribution is 2.38. The average molecular weight is 241 g/mol. The van der Waals surface area contributed by atoms with Crippen LogP contribution in [0.3, 0.4) is 0 Å². The van der Waals surface area contributed by atoms with Gasteiger partial charge in [0.2, 0.25) is 0 Å². The van der Waals surface area contributed by atoms with Crippen LogP contribution in [-0.4, -0.2) is 18.8 Å². The van der Waals surface area contributed by atoms with Crippen LogP contribution in [0.4, 0.5) is 8.78 Å². The molecule has 2 N–H and O–H groups in total. The van der Waals surface area contributed by atoms with Crippen molar-refractivity contribution in [3.8, 4) is 0 Å². The lowest BCUT2D eigenvalue weighted by atomic mass is 9.73. The topological polar surface area (TPSA) is 35.2 Å². The molecule has 0 saturated heterocycles. The van der Waals surface area contributed by atoms with Crippen molar-refractivity contribution in [2.75, 3.05) is 7.11 Å². The number of methoxy groups -OCH3 is 1. The lowest BCUT2D eigenvalue weighted by Gasteiger charge is -2.45. The largest absolute Gasteiger partial charge is 0.377 e. The Labute approximate surface area is 99.8 Å². The first-order valence-electron chi connectivity index (χ1n) is 5.82. The Morgan fingerprint density at radius 2 is 2.12 bits per heavy atom. The number of hydrogen-bond acceptors (Lipinski definition) is 2. The Morgan fingerprint density at radius 3 is 2.65 bits per heavy atom. The first-order valence-corrected chi connectivity index (χ1v) is 5.82. The van der Waals surface area contributed by atoms with Crippen LogP contribution in [0.2, 0.25) is 0 Å². The zero-order valence-electron chi connectivity index (χ0n) is 9.88. The summed E-state index contributed by atoms with van der Waals surface area (Å²) in [5.74, 6) is -0.846. The van der Waals surface area contributed by atoms with Crippen molar-refractivity contribution in [3.63, 3.8) is 0 Å². The summed E-state index contributed by atoms with van der Waals surface area (Å²) >= 11 is 0. The number of benzene rings is 1. The number of halogens is 2. The molecule has 0 radical (unpaired) electrons. The Morgan fingerprint density at radius 1 is 1.41 bits per heavy atom. The minimum absolute atomic E-state index is 0.294. The normalized spacial score (nSPS) is 19.8. The maximum Gasteiger partial charge on any atom is 0.126 e. The molecule has 1 unspecified atom stereocenters. The van der Waals surface area contributed by atoms with Gasteiger partial charge in [0.1, 0.15) is 11.6 Å². The second-order valence-electron chi connectivity index (χ2n) is 4.67. The minimum atomic E-state index is -0.436. The summed E-state index contributed by atoms with van der Waals surface area (Å²) in [5.41, 5.74) is 6.03. The molecule has 1 fully saturated rings. The molecular formula is C13H17F2NO. The van der Waals surface area contributed by atoms with E-state index in [-0.39, 0.29) is 11.6 Å². The Balaban J connectivity index is 2.12. The molecule has 0 heterocycles. The molecule has 0 bridgehead atoms. The van der Waals surface area contributed by atoms with Gasteiger partial charge in [-0.15, -0.1) is 0 Å². The molecule has 1 aliphatic rings. The summed E-state index contributed by atoms with van der Waals surface area (Å²) in [6, 6.07) is 3.16. The highest BCUT2D eigenvalue weighted by Gasteiger charge is 2.42. The predicted molar refractivity (Wildman–Crippen MR) is 61.6 cm³/mol. The van der Waals surface area contributed by atoms with E-state index in [0.717, 1.165) is 31.4 Å². The van der Waals surface area contributed by atoms with Gasteiger partial charge in [0, 0.05) is 13.2 Å². The Kier molecular flexibility index (Phi) is 3.45. The molecule has 0 spiro atoms. The molecular weight excluding hydrogens is 224 g/mol. The van der Waals surface area contributed by atoms with Crippen molar-refractivity contribution in [1.82, 2.24) is 0 Å².